The number of hydrogen-bond donors (Lipinski definition) is 1. The molecule has 0 aliphatic heterocycles. The van der Waals surface area contributed by atoms with Crippen LogP contribution in [0.2, 0.25) is 0 Å². The Kier molecular flexibility index (Phi) is 5.21. The number of nitro groups is 1. The van der Waals surface area contributed by atoms with Gasteiger partial charge < -0.3 is 9.32 Å². The predicted molar refractivity (Wildman–Crippen MR) is 86.6 cm³/mol. The first-order valence-electron chi connectivity index (χ1n) is 6.38. The van der Waals surface area contributed by atoms with Gasteiger partial charge in [0.25, 0.3) is 0 Å². The van der Waals surface area contributed by atoms with Crippen molar-refractivity contribution in [2.24, 2.45) is 5.10 Å². The molecular formula is C14H14N4O3S. The highest BCUT2D eigenvalue weighted by atomic mass is 32.1. The van der Waals surface area contributed by atoms with E-state index in [0.29, 0.717) is 11.7 Å². The summed E-state index contributed by atoms with van der Waals surface area (Å²) >= 11 is 5.20. The Morgan fingerprint density at radius 2 is 2.14 bits per heavy atom. The van der Waals surface area contributed by atoms with Crippen LogP contribution in [0, 0.1) is 10.1 Å². The SMILES string of the molecule is CN(Cc1ccccc1)C(=S)N/N=C\c1ccc([N+](=O)[O-])o1. The van der Waals surface area contributed by atoms with Gasteiger partial charge in [-0.2, -0.15) is 5.10 Å². The van der Waals surface area contributed by atoms with Crippen LogP contribution in [-0.4, -0.2) is 28.2 Å². The van der Waals surface area contributed by atoms with Gasteiger partial charge in [-0.3, -0.25) is 15.5 Å². The van der Waals surface area contributed by atoms with Crippen molar-refractivity contribution < 1.29 is 9.34 Å². The molecule has 0 amide bonds. The van der Waals surface area contributed by atoms with Crippen LogP contribution in [0.4, 0.5) is 5.88 Å². The van der Waals surface area contributed by atoms with Gasteiger partial charge in [-0.05, 0) is 23.8 Å². The number of hydrogen-bond acceptors (Lipinski definition) is 5. The fourth-order valence-electron chi connectivity index (χ4n) is 1.68. The topological polar surface area (TPSA) is 83.9 Å². The highest BCUT2D eigenvalue weighted by molar-refractivity contribution is 7.80. The van der Waals surface area contributed by atoms with Crippen LogP contribution in [-0.2, 0) is 6.54 Å². The van der Waals surface area contributed by atoms with E-state index in [1.165, 1.54) is 18.3 Å². The Hall–Kier alpha value is -2.74. The van der Waals surface area contributed by atoms with Gasteiger partial charge in [0, 0.05) is 13.6 Å². The molecule has 114 valence electrons. The zero-order valence-corrected chi connectivity index (χ0v) is 12.6. The van der Waals surface area contributed by atoms with Crippen LogP contribution < -0.4 is 5.43 Å². The minimum atomic E-state index is -0.608. The van der Waals surface area contributed by atoms with Crippen molar-refractivity contribution >= 4 is 29.4 Å². The van der Waals surface area contributed by atoms with E-state index in [0.717, 1.165) is 5.56 Å². The highest BCUT2D eigenvalue weighted by Crippen LogP contribution is 2.13. The van der Waals surface area contributed by atoms with Crippen molar-refractivity contribution in [1.29, 1.82) is 0 Å². The normalized spacial score (nSPS) is 10.6. The van der Waals surface area contributed by atoms with Gasteiger partial charge in [0.05, 0.1) is 12.3 Å². The lowest BCUT2D eigenvalue weighted by Gasteiger charge is -2.18. The maximum absolute atomic E-state index is 10.5. The lowest BCUT2D eigenvalue weighted by molar-refractivity contribution is -0.402. The zero-order chi connectivity index (χ0) is 15.9. The van der Waals surface area contributed by atoms with Crippen LogP contribution in [0.3, 0.4) is 0 Å². The van der Waals surface area contributed by atoms with E-state index in [1.54, 1.807) is 0 Å². The van der Waals surface area contributed by atoms with Crippen molar-refractivity contribution in [3.05, 3.63) is 63.9 Å². The molecule has 0 spiro atoms. The Labute approximate surface area is 132 Å². The molecule has 0 fully saturated rings. The van der Waals surface area contributed by atoms with Gasteiger partial charge in [0.1, 0.15) is 4.92 Å². The molecule has 2 rings (SSSR count). The smallest absolute Gasteiger partial charge is 0.400 e. The van der Waals surface area contributed by atoms with E-state index in [9.17, 15) is 10.1 Å². The standard InChI is InChI=1S/C14H14N4O3S/c1-17(10-11-5-3-2-4-6-11)14(22)16-15-9-12-7-8-13(21-12)18(19)20/h2-9H,10H2,1H3,(H,16,22)/b15-9-. The van der Waals surface area contributed by atoms with Gasteiger partial charge >= 0.3 is 5.88 Å². The van der Waals surface area contributed by atoms with Crippen LogP contribution >= 0.6 is 12.2 Å². The lowest BCUT2D eigenvalue weighted by Crippen LogP contribution is -2.33. The summed E-state index contributed by atoms with van der Waals surface area (Å²) in [5.41, 5.74) is 3.81. The number of furan rings is 1. The highest BCUT2D eigenvalue weighted by Gasteiger charge is 2.10. The molecule has 2 aromatic rings. The average molecular weight is 318 g/mol. The molecule has 8 heteroatoms. The number of nitrogens with zero attached hydrogens (tertiary/aromatic N) is 3. The summed E-state index contributed by atoms with van der Waals surface area (Å²) in [4.78, 5) is 11.7. The van der Waals surface area contributed by atoms with E-state index in [4.69, 9.17) is 16.6 Å². The number of hydrazone groups is 1. The Balaban J connectivity index is 1.86. The summed E-state index contributed by atoms with van der Waals surface area (Å²) in [5.74, 6) is -0.0575. The number of benzene rings is 1. The molecule has 7 nitrogen and oxygen atoms in total. The second-order valence-electron chi connectivity index (χ2n) is 4.45. The molecule has 0 bridgehead atoms. The summed E-state index contributed by atoms with van der Waals surface area (Å²) in [7, 11) is 1.84. The summed E-state index contributed by atoms with van der Waals surface area (Å²) in [6.07, 6.45) is 1.33. The molecule has 22 heavy (non-hydrogen) atoms. The quantitative estimate of drug-likeness (QED) is 0.395. The summed E-state index contributed by atoms with van der Waals surface area (Å²) in [6.45, 7) is 0.647. The van der Waals surface area contributed by atoms with Crippen LogP contribution in [0.15, 0.2) is 52.0 Å². The van der Waals surface area contributed by atoms with Crippen LogP contribution in [0.5, 0.6) is 0 Å². The van der Waals surface area contributed by atoms with Gasteiger partial charge in [-0.25, -0.2) is 0 Å². The first kappa shape index (κ1) is 15.6. The number of thiocarbonyl (C=S) groups is 1. The first-order valence-corrected chi connectivity index (χ1v) is 6.79. The lowest BCUT2D eigenvalue weighted by atomic mass is 10.2. The molecule has 1 heterocycles. The third-order valence-corrected chi connectivity index (χ3v) is 3.16. The maximum Gasteiger partial charge on any atom is 0.433 e. The van der Waals surface area contributed by atoms with E-state index in [2.05, 4.69) is 10.5 Å². The molecule has 0 atom stereocenters. The van der Waals surface area contributed by atoms with E-state index in [1.807, 2.05) is 42.3 Å². The number of nitrogens with one attached hydrogen (secondary N) is 1. The predicted octanol–water partition coefficient (Wildman–Crippen LogP) is 2.53. The summed E-state index contributed by atoms with van der Waals surface area (Å²) in [6, 6.07) is 12.6. The fourth-order valence-corrected chi connectivity index (χ4v) is 1.79. The van der Waals surface area contributed by atoms with Gasteiger partial charge in [0.2, 0.25) is 0 Å². The minimum Gasteiger partial charge on any atom is -0.400 e. The van der Waals surface area contributed by atoms with Crippen molar-refractivity contribution in [1.82, 2.24) is 10.3 Å². The third-order valence-electron chi connectivity index (χ3n) is 2.75. The van der Waals surface area contributed by atoms with Gasteiger partial charge in [-0.15, -0.1) is 0 Å². The van der Waals surface area contributed by atoms with Crippen molar-refractivity contribution in [3.8, 4) is 0 Å². The molecule has 0 aliphatic carbocycles. The zero-order valence-electron chi connectivity index (χ0n) is 11.8. The van der Waals surface area contributed by atoms with Crippen molar-refractivity contribution in [3.63, 3.8) is 0 Å². The molecular weight excluding hydrogens is 304 g/mol. The Morgan fingerprint density at radius 1 is 1.41 bits per heavy atom. The Bertz CT molecular complexity index is 684. The second kappa shape index (κ2) is 7.32. The van der Waals surface area contributed by atoms with Crippen LogP contribution in [0.25, 0.3) is 0 Å². The first-order chi connectivity index (χ1) is 10.6. The molecule has 0 saturated heterocycles. The summed E-state index contributed by atoms with van der Waals surface area (Å²) in [5, 5.41) is 14.8. The van der Waals surface area contributed by atoms with Crippen molar-refractivity contribution in [2.45, 2.75) is 6.54 Å². The van der Waals surface area contributed by atoms with E-state index in [-0.39, 0.29) is 11.6 Å². The van der Waals surface area contributed by atoms with E-state index >= 15 is 0 Å². The largest absolute Gasteiger partial charge is 0.433 e. The fraction of sp³-hybridized carbons (Fsp3) is 0.143. The molecule has 1 aromatic heterocycles. The number of rotatable bonds is 5. The third kappa shape index (κ3) is 4.38. The summed E-state index contributed by atoms with van der Waals surface area (Å²) < 4.78 is 4.94. The second-order valence-corrected chi connectivity index (χ2v) is 4.84. The molecule has 0 unspecified atom stereocenters. The maximum atomic E-state index is 10.5. The molecule has 1 aromatic carbocycles. The Morgan fingerprint density at radius 3 is 2.77 bits per heavy atom. The molecule has 0 saturated carbocycles. The minimum absolute atomic E-state index is 0.271. The molecule has 1 N–H and O–H groups in total. The monoisotopic (exact) mass is 318 g/mol. The molecule has 0 radical (unpaired) electrons. The van der Waals surface area contributed by atoms with Crippen LogP contribution in [0.1, 0.15) is 11.3 Å². The molecule has 0 aliphatic rings. The van der Waals surface area contributed by atoms with Gasteiger partial charge in [0.15, 0.2) is 10.9 Å². The van der Waals surface area contributed by atoms with Crippen molar-refractivity contribution in [2.75, 3.05) is 7.05 Å². The van der Waals surface area contributed by atoms with E-state index < -0.39 is 4.92 Å². The average Bonchev–Trinajstić information content (AvgIpc) is 2.97. The van der Waals surface area contributed by atoms with Gasteiger partial charge in [-0.1, -0.05) is 30.3 Å².